The highest BCUT2D eigenvalue weighted by Gasteiger charge is 2.44. The first-order chi connectivity index (χ1) is 13.6. The van der Waals surface area contributed by atoms with E-state index < -0.39 is 13.2 Å². The third-order valence-corrected chi connectivity index (χ3v) is 11.8. The maximum Gasteiger partial charge on any atom is 0.109 e. The van der Waals surface area contributed by atoms with Crippen molar-refractivity contribution in [1.82, 2.24) is 0 Å². The van der Waals surface area contributed by atoms with Gasteiger partial charge in [-0.15, -0.1) is 0 Å². The number of rotatable bonds is 21. The normalized spacial score (nSPS) is 13.0. The first-order valence-electron chi connectivity index (χ1n) is 12.6. The van der Waals surface area contributed by atoms with Crippen LogP contribution < -0.4 is 5.11 Å². The summed E-state index contributed by atoms with van der Waals surface area (Å²) in [5, 5.41) is 12.2. The quantitative estimate of drug-likeness (QED) is 0.145. The molecule has 0 rings (SSSR count). The van der Waals surface area contributed by atoms with Crippen LogP contribution in [0.3, 0.4) is 0 Å². The fraction of sp³-hybridized carbons (Fsp3) is 0.960. The number of carboxylic acid groups (broad SMARTS) is 1. The highest BCUT2D eigenvalue weighted by Crippen LogP contribution is 2.65. The van der Waals surface area contributed by atoms with Crippen LogP contribution in [-0.4, -0.2) is 30.1 Å². The molecule has 0 aliphatic carbocycles. The Labute approximate surface area is 178 Å². The van der Waals surface area contributed by atoms with Gasteiger partial charge in [-0.25, -0.2) is 0 Å². The summed E-state index contributed by atoms with van der Waals surface area (Å²) < 4.78 is 0. The summed E-state index contributed by atoms with van der Waals surface area (Å²) in [6, 6.07) is 0. The molecule has 0 aromatic heterocycles. The maximum atomic E-state index is 12.2. The lowest BCUT2D eigenvalue weighted by Crippen LogP contribution is -2.40. The molecule has 0 amide bonds. The lowest BCUT2D eigenvalue weighted by molar-refractivity contribution is -0.305. The molecule has 0 fully saturated rings. The molecule has 168 valence electrons. The molecule has 0 heterocycles. The van der Waals surface area contributed by atoms with Crippen molar-refractivity contribution in [3.05, 3.63) is 0 Å². The molecule has 0 aliphatic heterocycles. The highest BCUT2D eigenvalue weighted by molar-refractivity contribution is 7.77. The van der Waals surface area contributed by atoms with E-state index in [9.17, 15) is 9.90 Å². The first-order valence-corrected chi connectivity index (χ1v) is 15.1. The number of carbonyl (C=O) groups is 1. The standard InChI is InChI=1S/C25H51O2P/c1-5-9-13-14-15-16-17-18-19-20-24(25(26)27)28(21-10-6-2,22-11-7-3)23-12-8-4/h24H,5-23H2,1-4H3. The van der Waals surface area contributed by atoms with Gasteiger partial charge in [-0.3, -0.25) is 0 Å². The molecular formula is C25H51O2P. The Morgan fingerprint density at radius 1 is 0.607 bits per heavy atom. The van der Waals surface area contributed by atoms with Gasteiger partial charge in [0, 0.05) is 7.26 Å². The Bertz CT molecular complexity index is 335. The van der Waals surface area contributed by atoms with Crippen LogP contribution in [0.1, 0.15) is 130 Å². The second kappa shape index (κ2) is 18.9. The van der Waals surface area contributed by atoms with Crippen LogP contribution >= 0.6 is 7.26 Å². The molecule has 0 N–H and O–H groups in total. The molecule has 1 unspecified atom stereocenters. The SMILES string of the molecule is CCCCCCCCCCCC(C(=O)[O-])[P+](CCCC)(CCCC)CCCC. The van der Waals surface area contributed by atoms with Crippen LogP contribution in [0.15, 0.2) is 0 Å². The molecule has 0 aromatic carbocycles. The number of carbonyl (C=O) groups excluding carboxylic acids is 1. The van der Waals surface area contributed by atoms with Crippen molar-refractivity contribution in [3.8, 4) is 0 Å². The summed E-state index contributed by atoms with van der Waals surface area (Å²) in [5.74, 6) is -0.726. The third kappa shape index (κ3) is 12.5. The lowest BCUT2D eigenvalue weighted by atomic mass is 10.1. The average molecular weight is 415 g/mol. The number of hydrogen-bond acceptors (Lipinski definition) is 2. The van der Waals surface area contributed by atoms with Crippen LogP contribution in [-0.2, 0) is 4.79 Å². The van der Waals surface area contributed by atoms with E-state index in [1.807, 2.05) is 0 Å². The van der Waals surface area contributed by atoms with Gasteiger partial charge in [-0.1, -0.05) is 98.3 Å². The van der Waals surface area contributed by atoms with E-state index in [0.29, 0.717) is 0 Å². The van der Waals surface area contributed by atoms with Crippen molar-refractivity contribution < 1.29 is 9.90 Å². The molecule has 28 heavy (non-hydrogen) atoms. The molecule has 0 saturated heterocycles. The zero-order valence-electron chi connectivity index (χ0n) is 19.8. The topological polar surface area (TPSA) is 40.1 Å². The smallest absolute Gasteiger partial charge is 0.109 e. The predicted molar refractivity (Wildman–Crippen MR) is 127 cm³/mol. The Kier molecular flexibility index (Phi) is 18.8. The van der Waals surface area contributed by atoms with Gasteiger partial charge in [-0.05, 0) is 32.1 Å². The van der Waals surface area contributed by atoms with Gasteiger partial charge in [0.25, 0.3) is 0 Å². The van der Waals surface area contributed by atoms with Crippen LogP contribution in [0.5, 0.6) is 0 Å². The number of carboxylic acids is 1. The van der Waals surface area contributed by atoms with Crippen molar-refractivity contribution in [3.63, 3.8) is 0 Å². The molecule has 2 nitrogen and oxygen atoms in total. The summed E-state index contributed by atoms with van der Waals surface area (Å²) in [6.45, 7) is 8.98. The number of aliphatic carboxylic acids is 1. The van der Waals surface area contributed by atoms with Gasteiger partial charge >= 0.3 is 0 Å². The molecule has 0 aliphatic rings. The van der Waals surface area contributed by atoms with Gasteiger partial charge in [0.1, 0.15) is 5.66 Å². The van der Waals surface area contributed by atoms with Gasteiger partial charge in [0.05, 0.1) is 24.5 Å². The summed E-state index contributed by atoms with van der Waals surface area (Å²) in [6.07, 6.45) is 23.2. The van der Waals surface area contributed by atoms with Crippen LogP contribution in [0.2, 0.25) is 0 Å². The molecular weight excluding hydrogens is 363 g/mol. The van der Waals surface area contributed by atoms with E-state index in [1.165, 1.54) is 108 Å². The minimum atomic E-state index is -1.45. The van der Waals surface area contributed by atoms with Crippen molar-refractivity contribution in [2.45, 2.75) is 136 Å². The van der Waals surface area contributed by atoms with E-state index in [0.717, 1.165) is 12.8 Å². The Morgan fingerprint density at radius 3 is 1.32 bits per heavy atom. The molecule has 0 saturated carbocycles. The molecule has 1 atom stereocenters. The second-order valence-corrected chi connectivity index (χ2v) is 13.3. The van der Waals surface area contributed by atoms with Crippen molar-refractivity contribution in [2.75, 3.05) is 18.5 Å². The zero-order valence-corrected chi connectivity index (χ0v) is 20.7. The fourth-order valence-corrected chi connectivity index (χ4v) is 10.1. The summed E-state index contributed by atoms with van der Waals surface area (Å²) >= 11 is 0. The monoisotopic (exact) mass is 414 g/mol. The average Bonchev–Trinajstić information content (AvgIpc) is 2.69. The first kappa shape index (κ1) is 27.9. The fourth-order valence-electron chi connectivity index (χ4n) is 4.49. The number of unbranched alkanes of at least 4 members (excludes halogenated alkanes) is 11. The van der Waals surface area contributed by atoms with E-state index in [1.54, 1.807) is 0 Å². The van der Waals surface area contributed by atoms with E-state index in [2.05, 4.69) is 27.7 Å². The summed E-state index contributed by atoms with van der Waals surface area (Å²) in [5.41, 5.74) is -0.137. The van der Waals surface area contributed by atoms with Gasteiger partial charge in [0.2, 0.25) is 0 Å². The van der Waals surface area contributed by atoms with E-state index in [4.69, 9.17) is 0 Å². The summed E-state index contributed by atoms with van der Waals surface area (Å²) in [7, 11) is -1.45. The van der Waals surface area contributed by atoms with Crippen LogP contribution in [0.4, 0.5) is 0 Å². The molecule has 3 heteroatoms. The van der Waals surface area contributed by atoms with Crippen molar-refractivity contribution in [1.29, 1.82) is 0 Å². The van der Waals surface area contributed by atoms with Crippen LogP contribution in [0.25, 0.3) is 0 Å². The van der Waals surface area contributed by atoms with E-state index >= 15 is 0 Å². The van der Waals surface area contributed by atoms with Gasteiger partial charge in [-0.2, -0.15) is 0 Å². The minimum absolute atomic E-state index is 0.137. The molecule has 0 spiro atoms. The van der Waals surface area contributed by atoms with Gasteiger partial charge in [0.15, 0.2) is 0 Å². The third-order valence-electron chi connectivity index (χ3n) is 6.39. The summed E-state index contributed by atoms with van der Waals surface area (Å²) in [4.78, 5) is 12.2. The molecule has 0 aromatic rings. The Morgan fingerprint density at radius 2 is 0.964 bits per heavy atom. The van der Waals surface area contributed by atoms with Gasteiger partial charge < -0.3 is 9.90 Å². The largest absolute Gasteiger partial charge is 0.546 e. The molecule has 0 radical (unpaired) electrons. The predicted octanol–water partition coefficient (Wildman–Crippen LogP) is 7.44. The lowest BCUT2D eigenvalue weighted by Gasteiger charge is -2.36. The maximum absolute atomic E-state index is 12.2. The zero-order chi connectivity index (χ0) is 21.1. The van der Waals surface area contributed by atoms with Crippen LogP contribution in [0, 0.1) is 0 Å². The second-order valence-electron chi connectivity index (χ2n) is 8.90. The van der Waals surface area contributed by atoms with Crippen molar-refractivity contribution in [2.24, 2.45) is 0 Å². The Balaban J connectivity index is 4.70. The highest BCUT2D eigenvalue weighted by atomic mass is 31.2. The van der Waals surface area contributed by atoms with E-state index in [-0.39, 0.29) is 5.66 Å². The molecule has 0 bridgehead atoms. The minimum Gasteiger partial charge on any atom is -0.546 e. The number of hydrogen-bond donors (Lipinski definition) is 0. The Hall–Kier alpha value is -0.100. The van der Waals surface area contributed by atoms with Crippen molar-refractivity contribution >= 4 is 13.2 Å².